The van der Waals surface area contributed by atoms with E-state index in [4.69, 9.17) is 5.11 Å². The molecule has 13 heavy (non-hydrogen) atoms. The number of unbranched alkanes of at least 4 members (excludes halogenated alkanes) is 1. The van der Waals surface area contributed by atoms with Crippen LogP contribution >= 0.6 is 31.9 Å². The number of hydrogen-bond acceptors (Lipinski definition) is 1. The SMILES string of the molecule is OCCCCc1ccc(Br)cc1Br. The van der Waals surface area contributed by atoms with Crippen molar-refractivity contribution in [2.75, 3.05) is 6.61 Å². The van der Waals surface area contributed by atoms with E-state index in [0.717, 1.165) is 28.2 Å². The zero-order valence-corrected chi connectivity index (χ0v) is 10.4. The molecule has 0 saturated carbocycles. The molecule has 0 aliphatic heterocycles. The lowest BCUT2D eigenvalue weighted by atomic mass is 10.1. The molecule has 1 aromatic rings. The van der Waals surface area contributed by atoms with E-state index < -0.39 is 0 Å². The lowest BCUT2D eigenvalue weighted by molar-refractivity contribution is 0.284. The maximum Gasteiger partial charge on any atom is 0.0431 e. The maximum atomic E-state index is 8.64. The first-order chi connectivity index (χ1) is 6.24. The number of halogens is 2. The Hall–Kier alpha value is 0.140. The molecule has 0 fully saturated rings. The topological polar surface area (TPSA) is 20.2 Å². The molecule has 0 amide bonds. The van der Waals surface area contributed by atoms with Gasteiger partial charge in [0.2, 0.25) is 0 Å². The summed E-state index contributed by atoms with van der Waals surface area (Å²) in [6.45, 7) is 0.286. The summed E-state index contributed by atoms with van der Waals surface area (Å²) in [5, 5.41) is 8.64. The van der Waals surface area contributed by atoms with E-state index in [2.05, 4.69) is 37.9 Å². The van der Waals surface area contributed by atoms with Crippen LogP contribution in [0.4, 0.5) is 0 Å². The van der Waals surface area contributed by atoms with Crippen molar-refractivity contribution in [1.82, 2.24) is 0 Å². The largest absolute Gasteiger partial charge is 0.396 e. The Morgan fingerprint density at radius 3 is 2.54 bits per heavy atom. The minimum Gasteiger partial charge on any atom is -0.396 e. The highest BCUT2D eigenvalue weighted by Gasteiger charge is 1.99. The summed E-state index contributed by atoms with van der Waals surface area (Å²) in [5.41, 5.74) is 1.30. The molecule has 0 aromatic heterocycles. The quantitative estimate of drug-likeness (QED) is 0.844. The second kappa shape index (κ2) is 5.78. The van der Waals surface area contributed by atoms with E-state index in [0.29, 0.717) is 0 Å². The van der Waals surface area contributed by atoms with Gasteiger partial charge < -0.3 is 5.11 Å². The van der Waals surface area contributed by atoms with Gasteiger partial charge in [-0.3, -0.25) is 0 Å². The smallest absolute Gasteiger partial charge is 0.0431 e. The van der Waals surface area contributed by atoms with Gasteiger partial charge in [-0.25, -0.2) is 0 Å². The molecule has 0 aliphatic carbocycles. The number of hydrogen-bond donors (Lipinski definition) is 1. The molecule has 72 valence electrons. The zero-order chi connectivity index (χ0) is 9.68. The number of aliphatic hydroxyl groups is 1. The monoisotopic (exact) mass is 306 g/mol. The zero-order valence-electron chi connectivity index (χ0n) is 7.26. The van der Waals surface area contributed by atoms with Crippen LogP contribution in [0.25, 0.3) is 0 Å². The first-order valence-electron chi connectivity index (χ1n) is 4.29. The fourth-order valence-corrected chi connectivity index (χ4v) is 2.40. The van der Waals surface area contributed by atoms with Gasteiger partial charge in [-0.1, -0.05) is 37.9 Å². The van der Waals surface area contributed by atoms with Crippen molar-refractivity contribution in [2.45, 2.75) is 19.3 Å². The molecule has 1 N–H and O–H groups in total. The van der Waals surface area contributed by atoms with E-state index in [9.17, 15) is 0 Å². The molecular weight excluding hydrogens is 296 g/mol. The molecule has 1 aromatic carbocycles. The lowest BCUT2D eigenvalue weighted by Gasteiger charge is -2.03. The molecule has 0 unspecified atom stereocenters. The third-order valence-electron chi connectivity index (χ3n) is 1.87. The lowest BCUT2D eigenvalue weighted by Crippen LogP contribution is -1.89. The Morgan fingerprint density at radius 1 is 1.15 bits per heavy atom. The van der Waals surface area contributed by atoms with E-state index in [-0.39, 0.29) is 6.61 Å². The predicted molar refractivity (Wildman–Crippen MR) is 61.9 cm³/mol. The fourth-order valence-electron chi connectivity index (χ4n) is 1.15. The summed E-state index contributed by atoms with van der Waals surface area (Å²) >= 11 is 6.91. The van der Waals surface area contributed by atoms with Crippen molar-refractivity contribution >= 4 is 31.9 Å². The second-order valence-corrected chi connectivity index (χ2v) is 4.69. The van der Waals surface area contributed by atoms with Crippen molar-refractivity contribution in [1.29, 1.82) is 0 Å². The molecule has 0 heterocycles. The third-order valence-corrected chi connectivity index (χ3v) is 3.10. The van der Waals surface area contributed by atoms with Gasteiger partial charge in [0.05, 0.1) is 0 Å². The van der Waals surface area contributed by atoms with Gasteiger partial charge in [-0.2, -0.15) is 0 Å². The first kappa shape index (κ1) is 11.2. The van der Waals surface area contributed by atoms with Crippen molar-refractivity contribution in [3.63, 3.8) is 0 Å². The van der Waals surface area contributed by atoms with Crippen LogP contribution in [-0.2, 0) is 6.42 Å². The second-order valence-electron chi connectivity index (χ2n) is 2.92. The van der Waals surface area contributed by atoms with Crippen LogP contribution in [0.15, 0.2) is 27.1 Å². The number of aryl methyl sites for hydroxylation is 1. The van der Waals surface area contributed by atoms with Gasteiger partial charge in [-0.05, 0) is 37.0 Å². The van der Waals surface area contributed by atoms with Crippen molar-refractivity contribution in [2.24, 2.45) is 0 Å². The van der Waals surface area contributed by atoms with Gasteiger partial charge in [0.25, 0.3) is 0 Å². The molecule has 3 heteroatoms. The van der Waals surface area contributed by atoms with E-state index >= 15 is 0 Å². The molecule has 0 saturated heterocycles. The van der Waals surface area contributed by atoms with E-state index in [1.807, 2.05) is 12.1 Å². The molecule has 1 nitrogen and oxygen atoms in total. The van der Waals surface area contributed by atoms with Crippen LogP contribution in [-0.4, -0.2) is 11.7 Å². The summed E-state index contributed by atoms with van der Waals surface area (Å²) in [4.78, 5) is 0. The van der Waals surface area contributed by atoms with Gasteiger partial charge >= 0.3 is 0 Å². The van der Waals surface area contributed by atoms with E-state index in [1.54, 1.807) is 0 Å². The molecule has 0 radical (unpaired) electrons. The Bertz CT molecular complexity index is 274. The van der Waals surface area contributed by atoms with Crippen LogP contribution in [0.2, 0.25) is 0 Å². The van der Waals surface area contributed by atoms with E-state index in [1.165, 1.54) is 5.56 Å². The molecule has 0 spiro atoms. The van der Waals surface area contributed by atoms with Crippen molar-refractivity contribution < 1.29 is 5.11 Å². The summed E-state index contributed by atoms with van der Waals surface area (Å²) in [5.74, 6) is 0. The third kappa shape index (κ3) is 3.79. The van der Waals surface area contributed by atoms with Crippen LogP contribution in [0.1, 0.15) is 18.4 Å². The predicted octanol–water partition coefficient (Wildman–Crippen LogP) is 3.53. The molecule has 0 bridgehead atoms. The van der Waals surface area contributed by atoms with Gasteiger partial charge in [-0.15, -0.1) is 0 Å². The minimum atomic E-state index is 0.286. The first-order valence-corrected chi connectivity index (χ1v) is 5.87. The standard InChI is InChI=1S/C10H12Br2O/c11-9-5-4-8(10(12)7-9)3-1-2-6-13/h4-5,7,13H,1-3,6H2. The fraction of sp³-hybridized carbons (Fsp3) is 0.400. The highest BCUT2D eigenvalue weighted by molar-refractivity contribution is 9.11. The average molecular weight is 308 g/mol. The highest BCUT2D eigenvalue weighted by Crippen LogP contribution is 2.23. The summed E-state index contributed by atoms with van der Waals surface area (Å²) in [6, 6.07) is 6.19. The van der Waals surface area contributed by atoms with Crippen LogP contribution in [0, 0.1) is 0 Å². The molecular formula is C10H12Br2O. The van der Waals surface area contributed by atoms with Crippen molar-refractivity contribution in [3.05, 3.63) is 32.7 Å². The normalized spacial score (nSPS) is 10.4. The van der Waals surface area contributed by atoms with Crippen LogP contribution in [0.3, 0.4) is 0 Å². The summed E-state index contributed by atoms with van der Waals surface area (Å²) < 4.78 is 2.23. The van der Waals surface area contributed by atoms with Crippen LogP contribution < -0.4 is 0 Å². The summed E-state index contributed by atoms with van der Waals surface area (Å²) in [7, 11) is 0. The number of benzene rings is 1. The maximum absolute atomic E-state index is 8.64. The van der Waals surface area contributed by atoms with Crippen molar-refractivity contribution in [3.8, 4) is 0 Å². The Kier molecular flexibility index (Phi) is 4.99. The van der Waals surface area contributed by atoms with Gasteiger partial charge in [0, 0.05) is 15.6 Å². The minimum absolute atomic E-state index is 0.286. The molecule has 0 aliphatic rings. The van der Waals surface area contributed by atoms with Gasteiger partial charge in [0.1, 0.15) is 0 Å². The summed E-state index contributed by atoms with van der Waals surface area (Å²) in [6.07, 6.45) is 2.94. The molecule has 1 rings (SSSR count). The Morgan fingerprint density at radius 2 is 1.92 bits per heavy atom. The highest BCUT2D eigenvalue weighted by atomic mass is 79.9. The Balaban J connectivity index is 2.56. The van der Waals surface area contributed by atoms with Gasteiger partial charge in [0.15, 0.2) is 0 Å². The number of rotatable bonds is 4. The van der Waals surface area contributed by atoms with Crippen LogP contribution in [0.5, 0.6) is 0 Å². The average Bonchev–Trinajstić information content (AvgIpc) is 2.09. The Labute approximate surface area is 95.4 Å². The molecule has 0 atom stereocenters. The number of aliphatic hydroxyl groups excluding tert-OH is 1.